The largest absolute Gasteiger partial charge is 0.496 e. The third kappa shape index (κ3) is 3.46. The summed E-state index contributed by atoms with van der Waals surface area (Å²) < 4.78 is 16.9. The summed E-state index contributed by atoms with van der Waals surface area (Å²) in [6.45, 7) is 0. The number of nitrogens with one attached hydrogen (secondary N) is 1. The van der Waals surface area contributed by atoms with E-state index in [1.165, 1.54) is 0 Å². The molecule has 0 radical (unpaired) electrons. The molecule has 0 fully saturated rings. The van der Waals surface area contributed by atoms with Crippen LogP contribution in [0.2, 0.25) is 0 Å². The van der Waals surface area contributed by atoms with E-state index in [1.54, 1.807) is 44.6 Å². The van der Waals surface area contributed by atoms with E-state index in [9.17, 15) is 0 Å². The van der Waals surface area contributed by atoms with Gasteiger partial charge in [-0.05, 0) is 28.1 Å². The van der Waals surface area contributed by atoms with E-state index in [0.717, 1.165) is 0 Å². The highest BCUT2D eigenvalue weighted by atomic mass is 79.9. The second-order valence-corrected chi connectivity index (χ2v) is 5.03. The van der Waals surface area contributed by atoms with Gasteiger partial charge in [0, 0.05) is 22.7 Å². The van der Waals surface area contributed by atoms with E-state index in [1.807, 2.05) is 6.07 Å². The van der Waals surface area contributed by atoms with Crippen molar-refractivity contribution in [3.05, 3.63) is 46.4 Å². The maximum Gasteiger partial charge on any atom is 0.139 e. The Bertz CT molecular complexity index is 652. The number of rotatable bonds is 5. The van der Waals surface area contributed by atoms with Gasteiger partial charge in [0.25, 0.3) is 0 Å². The zero-order valence-corrected chi connectivity index (χ0v) is 13.2. The van der Waals surface area contributed by atoms with Crippen LogP contribution in [0.4, 0.5) is 0 Å². The SMILES string of the molecule is COc1cc(OC)cc(Oc2cccc(Br)c2C(=N)N)c1. The molecule has 21 heavy (non-hydrogen) atoms. The Labute approximate surface area is 131 Å². The predicted molar refractivity (Wildman–Crippen MR) is 84.8 cm³/mol. The van der Waals surface area contributed by atoms with Crippen molar-refractivity contribution in [2.45, 2.75) is 0 Å². The van der Waals surface area contributed by atoms with Gasteiger partial charge in [-0.25, -0.2) is 0 Å². The summed E-state index contributed by atoms with van der Waals surface area (Å²) in [5.74, 6) is 2.17. The summed E-state index contributed by atoms with van der Waals surface area (Å²) >= 11 is 3.37. The smallest absolute Gasteiger partial charge is 0.139 e. The van der Waals surface area contributed by atoms with Gasteiger partial charge in [0.2, 0.25) is 0 Å². The molecule has 0 amide bonds. The van der Waals surface area contributed by atoms with Gasteiger partial charge in [-0.3, -0.25) is 5.41 Å². The number of amidine groups is 1. The van der Waals surface area contributed by atoms with Crippen molar-refractivity contribution in [2.24, 2.45) is 5.73 Å². The van der Waals surface area contributed by atoms with E-state index < -0.39 is 0 Å². The van der Waals surface area contributed by atoms with Gasteiger partial charge in [0.15, 0.2) is 0 Å². The number of hydrogen-bond acceptors (Lipinski definition) is 4. The number of benzene rings is 2. The van der Waals surface area contributed by atoms with Gasteiger partial charge in [0.1, 0.15) is 28.8 Å². The first kappa shape index (κ1) is 15.2. The summed E-state index contributed by atoms with van der Waals surface area (Å²) in [6, 6.07) is 10.6. The van der Waals surface area contributed by atoms with E-state index in [4.69, 9.17) is 25.4 Å². The first-order valence-corrected chi connectivity index (χ1v) is 6.88. The molecule has 5 nitrogen and oxygen atoms in total. The third-order valence-corrected chi connectivity index (χ3v) is 3.46. The zero-order chi connectivity index (χ0) is 15.4. The molecule has 0 heterocycles. The second kappa shape index (κ2) is 6.49. The number of hydrogen-bond donors (Lipinski definition) is 2. The molecular formula is C15H15BrN2O3. The Balaban J connectivity index is 2.43. The summed E-state index contributed by atoms with van der Waals surface area (Å²) in [7, 11) is 3.14. The molecule has 2 rings (SSSR count). The fraction of sp³-hybridized carbons (Fsp3) is 0.133. The van der Waals surface area contributed by atoms with Gasteiger partial charge in [0.05, 0.1) is 19.8 Å². The number of nitrogen functional groups attached to an aromatic ring is 1. The number of halogens is 1. The Morgan fingerprint density at radius 1 is 1.05 bits per heavy atom. The molecule has 0 bridgehead atoms. The molecule has 0 aliphatic rings. The highest BCUT2D eigenvalue weighted by molar-refractivity contribution is 9.10. The highest BCUT2D eigenvalue weighted by Crippen LogP contribution is 2.34. The van der Waals surface area contributed by atoms with Crippen molar-refractivity contribution in [3.8, 4) is 23.0 Å². The summed E-state index contributed by atoms with van der Waals surface area (Å²) in [5.41, 5.74) is 6.10. The molecule has 2 aromatic rings. The molecule has 0 aromatic heterocycles. The molecule has 2 aromatic carbocycles. The molecule has 0 spiro atoms. The van der Waals surface area contributed by atoms with Crippen LogP contribution in [0.25, 0.3) is 0 Å². The number of methoxy groups -OCH3 is 2. The standard InChI is InChI=1S/C15H15BrN2O3/c1-19-9-6-10(20-2)8-11(7-9)21-13-5-3-4-12(16)14(13)15(17)18/h3-8H,1-2H3,(H3,17,18). The van der Waals surface area contributed by atoms with Gasteiger partial charge in [-0.1, -0.05) is 6.07 Å². The summed E-state index contributed by atoms with van der Waals surface area (Å²) in [5, 5.41) is 7.66. The number of ether oxygens (including phenoxy) is 3. The normalized spacial score (nSPS) is 10.0. The highest BCUT2D eigenvalue weighted by Gasteiger charge is 2.12. The quantitative estimate of drug-likeness (QED) is 0.638. The Kier molecular flexibility index (Phi) is 4.70. The molecular weight excluding hydrogens is 336 g/mol. The van der Waals surface area contributed by atoms with Crippen molar-refractivity contribution in [1.82, 2.24) is 0 Å². The van der Waals surface area contributed by atoms with Crippen LogP contribution >= 0.6 is 15.9 Å². The average molecular weight is 351 g/mol. The van der Waals surface area contributed by atoms with Gasteiger partial charge in [-0.2, -0.15) is 0 Å². The maximum atomic E-state index is 7.66. The molecule has 110 valence electrons. The van der Waals surface area contributed by atoms with Crippen LogP contribution in [0.5, 0.6) is 23.0 Å². The van der Waals surface area contributed by atoms with E-state index in [0.29, 0.717) is 33.0 Å². The van der Waals surface area contributed by atoms with Crippen LogP contribution in [0.15, 0.2) is 40.9 Å². The lowest BCUT2D eigenvalue weighted by molar-refractivity contribution is 0.386. The van der Waals surface area contributed by atoms with Gasteiger partial charge in [-0.15, -0.1) is 0 Å². The maximum absolute atomic E-state index is 7.66. The second-order valence-electron chi connectivity index (χ2n) is 4.18. The zero-order valence-electron chi connectivity index (χ0n) is 11.6. The first-order chi connectivity index (χ1) is 10.0. The summed E-state index contributed by atoms with van der Waals surface area (Å²) in [6.07, 6.45) is 0. The van der Waals surface area contributed by atoms with Crippen molar-refractivity contribution in [1.29, 1.82) is 5.41 Å². The minimum absolute atomic E-state index is 0.0765. The Morgan fingerprint density at radius 2 is 1.62 bits per heavy atom. The Hall–Kier alpha value is -2.21. The lowest BCUT2D eigenvalue weighted by atomic mass is 10.2. The van der Waals surface area contributed by atoms with Gasteiger partial charge < -0.3 is 19.9 Å². The lowest BCUT2D eigenvalue weighted by Crippen LogP contribution is -2.13. The van der Waals surface area contributed by atoms with Crippen LogP contribution in [-0.2, 0) is 0 Å². The van der Waals surface area contributed by atoms with Gasteiger partial charge >= 0.3 is 0 Å². The first-order valence-electron chi connectivity index (χ1n) is 6.09. The minimum Gasteiger partial charge on any atom is -0.496 e. The van der Waals surface area contributed by atoms with Crippen LogP contribution in [-0.4, -0.2) is 20.1 Å². The lowest BCUT2D eigenvalue weighted by Gasteiger charge is -2.13. The van der Waals surface area contributed by atoms with Crippen molar-refractivity contribution >= 4 is 21.8 Å². The molecule has 0 saturated carbocycles. The molecule has 3 N–H and O–H groups in total. The molecule has 0 unspecified atom stereocenters. The van der Waals surface area contributed by atoms with Crippen LogP contribution in [0.1, 0.15) is 5.56 Å². The van der Waals surface area contributed by atoms with E-state index in [-0.39, 0.29) is 5.84 Å². The Morgan fingerprint density at radius 3 is 2.14 bits per heavy atom. The molecule has 0 aliphatic carbocycles. The fourth-order valence-corrected chi connectivity index (χ4v) is 2.38. The van der Waals surface area contributed by atoms with Crippen LogP contribution in [0, 0.1) is 5.41 Å². The minimum atomic E-state index is -0.0765. The van der Waals surface area contributed by atoms with Crippen molar-refractivity contribution < 1.29 is 14.2 Å². The van der Waals surface area contributed by atoms with E-state index in [2.05, 4.69) is 15.9 Å². The molecule has 0 atom stereocenters. The molecule has 6 heteroatoms. The van der Waals surface area contributed by atoms with Crippen LogP contribution < -0.4 is 19.9 Å². The third-order valence-electron chi connectivity index (χ3n) is 2.80. The fourth-order valence-electron chi connectivity index (χ4n) is 1.82. The number of nitrogens with two attached hydrogens (primary N) is 1. The monoisotopic (exact) mass is 350 g/mol. The van der Waals surface area contributed by atoms with E-state index >= 15 is 0 Å². The van der Waals surface area contributed by atoms with Crippen molar-refractivity contribution in [3.63, 3.8) is 0 Å². The van der Waals surface area contributed by atoms with Crippen molar-refractivity contribution in [2.75, 3.05) is 14.2 Å². The average Bonchev–Trinajstić information content (AvgIpc) is 2.46. The van der Waals surface area contributed by atoms with Crippen LogP contribution in [0.3, 0.4) is 0 Å². The molecule has 0 saturated heterocycles. The summed E-state index contributed by atoms with van der Waals surface area (Å²) in [4.78, 5) is 0. The predicted octanol–water partition coefficient (Wildman–Crippen LogP) is 3.54. The molecule has 0 aliphatic heterocycles. The topological polar surface area (TPSA) is 77.6 Å².